The highest BCUT2D eigenvalue weighted by Gasteiger charge is 2.26. The molecule has 158 valence electrons. The van der Waals surface area contributed by atoms with Gasteiger partial charge in [0.05, 0.1) is 0 Å². The molecule has 5 heteroatoms. The fourth-order valence-corrected chi connectivity index (χ4v) is 4.57. The van der Waals surface area contributed by atoms with Crippen LogP contribution in [-0.2, 0) is 6.42 Å². The van der Waals surface area contributed by atoms with E-state index in [0.29, 0.717) is 11.6 Å². The van der Waals surface area contributed by atoms with Crippen LogP contribution in [0.15, 0.2) is 42.5 Å². The van der Waals surface area contributed by atoms with Gasteiger partial charge in [-0.3, -0.25) is 14.5 Å². The summed E-state index contributed by atoms with van der Waals surface area (Å²) in [6.07, 6.45) is 3.43. The smallest absolute Gasteiger partial charge is 0.254 e. The summed E-state index contributed by atoms with van der Waals surface area (Å²) in [4.78, 5) is 31.2. The first-order chi connectivity index (χ1) is 14.4. The Morgan fingerprint density at radius 3 is 2.43 bits per heavy atom. The molecule has 0 bridgehead atoms. The Hall–Kier alpha value is -2.66. The highest BCUT2D eigenvalue weighted by atomic mass is 16.2. The van der Waals surface area contributed by atoms with Gasteiger partial charge >= 0.3 is 0 Å². The van der Waals surface area contributed by atoms with E-state index in [4.69, 9.17) is 0 Å². The SMILES string of the molecule is CC1CCCN1CCN1CCc2cc(-c3ccc(C(=O)N(C)C)cc3)ccc2C1=O. The molecule has 0 spiro atoms. The third-order valence-electron chi connectivity index (χ3n) is 6.49. The minimum absolute atomic E-state index is 0.000929. The van der Waals surface area contributed by atoms with Crippen LogP contribution in [0, 0.1) is 0 Å². The molecule has 1 unspecified atom stereocenters. The van der Waals surface area contributed by atoms with Gasteiger partial charge in [0.1, 0.15) is 0 Å². The number of amides is 2. The standard InChI is InChI=1S/C25H31N3O2/c1-18-5-4-13-27(18)15-16-28-14-12-22-17-21(10-11-23(22)25(28)30)19-6-8-20(9-7-19)24(29)26(2)3/h6-11,17-18H,4-5,12-16H2,1-3H3. The van der Waals surface area contributed by atoms with E-state index in [9.17, 15) is 9.59 Å². The number of fused-ring (bicyclic) bond motifs is 1. The third kappa shape index (κ3) is 4.12. The molecule has 4 rings (SSSR count). The number of hydrogen-bond donors (Lipinski definition) is 0. The van der Waals surface area contributed by atoms with Gasteiger partial charge in [0.25, 0.3) is 11.8 Å². The Labute approximate surface area is 179 Å². The average molecular weight is 406 g/mol. The summed E-state index contributed by atoms with van der Waals surface area (Å²) in [6.45, 7) is 6.00. The number of rotatable bonds is 5. The van der Waals surface area contributed by atoms with Crippen molar-refractivity contribution in [2.75, 3.05) is 40.3 Å². The molecule has 2 aromatic rings. The molecule has 1 saturated heterocycles. The molecule has 0 N–H and O–H groups in total. The van der Waals surface area contributed by atoms with Gasteiger partial charge in [-0.05, 0) is 67.6 Å². The van der Waals surface area contributed by atoms with Gasteiger partial charge in [0.15, 0.2) is 0 Å². The van der Waals surface area contributed by atoms with Crippen molar-refractivity contribution in [3.05, 3.63) is 59.2 Å². The molecule has 2 aliphatic rings. The first-order valence-electron chi connectivity index (χ1n) is 10.9. The van der Waals surface area contributed by atoms with E-state index >= 15 is 0 Å². The predicted octanol–water partition coefficient (Wildman–Crippen LogP) is 3.54. The van der Waals surface area contributed by atoms with Crippen LogP contribution < -0.4 is 0 Å². The molecule has 30 heavy (non-hydrogen) atoms. The summed E-state index contributed by atoms with van der Waals surface area (Å²) in [5.74, 6) is 0.155. The number of benzene rings is 2. The van der Waals surface area contributed by atoms with Gasteiger partial charge in [-0.25, -0.2) is 0 Å². The molecular weight excluding hydrogens is 374 g/mol. The summed E-state index contributed by atoms with van der Waals surface area (Å²) < 4.78 is 0. The van der Waals surface area contributed by atoms with E-state index in [1.165, 1.54) is 12.8 Å². The van der Waals surface area contributed by atoms with Crippen molar-refractivity contribution in [3.63, 3.8) is 0 Å². The Kier molecular flexibility index (Phi) is 5.91. The van der Waals surface area contributed by atoms with Crippen molar-refractivity contribution in [1.82, 2.24) is 14.7 Å². The van der Waals surface area contributed by atoms with Crippen molar-refractivity contribution in [3.8, 4) is 11.1 Å². The molecule has 2 heterocycles. The molecular formula is C25H31N3O2. The quantitative estimate of drug-likeness (QED) is 0.764. The fraction of sp³-hybridized carbons (Fsp3) is 0.440. The summed E-state index contributed by atoms with van der Waals surface area (Å²) in [7, 11) is 3.51. The molecule has 0 saturated carbocycles. The van der Waals surface area contributed by atoms with Crippen LogP contribution in [0.25, 0.3) is 11.1 Å². The van der Waals surface area contributed by atoms with Crippen molar-refractivity contribution < 1.29 is 9.59 Å². The van der Waals surface area contributed by atoms with Gasteiger partial charge in [0.2, 0.25) is 0 Å². The first-order valence-corrected chi connectivity index (χ1v) is 10.9. The molecule has 0 aliphatic carbocycles. The summed E-state index contributed by atoms with van der Waals surface area (Å²) in [6, 6.07) is 14.4. The van der Waals surface area contributed by atoms with Crippen molar-refractivity contribution in [2.24, 2.45) is 0 Å². The van der Waals surface area contributed by atoms with E-state index in [0.717, 1.165) is 54.9 Å². The largest absolute Gasteiger partial charge is 0.345 e. The number of nitrogens with zero attached hydrogens (tertiary/aromatic N) is 3. The van der Waals surface area contributed by atoms with E-state index in [2.05, 4.69) is 17.9 Å². The molecule has 2 aliphatic heterocycles. The maximum atomic E-state index is 13.0. The van der Waals surface area contributed by atoms with Crippen molar-refractivity contribution in [1.29, 1.82) is 0 Å². The average Bonchev–Trinajstić information content (AvgIpc) is 3.17. The fourth-order valence-electron chi connectivity index (χ4n) is 4.57. The van der Waals surface area contributed by atoms with Crippen LogP contribution in [0.3, 0.4) is 0 Å². The maximum absolute atomic E-state index is 13.0. The topological polar surface area (TPSA) is 43.9 Å². The Bertz CT molecular complexity index is 936. The number of hydrogen-bond acceptors (Lipinski definition) is 3. The maximum Gasteiger partial charge on any atom is 0.254 e. The number of likely N-dealkylation sites (tertiary alicyclic amines) is 1. The zero-order chi connectivity index (χ0) is 21.3. The highest BCUT2D eigenvalue weighted by molar-refractivity contribution is 5.97. The second kappa shape index (κ2) is 8.60. The summed E-state index contributed by atoms with van der Waals surface area (Å²) in [5.41, 5.74) is 4.78. The van der Waals surface area contributed by atoms with Crippen LogP contribution in [0.1, 0.15) is 46.0 Å². The van der Waals surface area contributed by atoms with Crippen LogP contribution >= 0.6 is 0 Å². The molecule has 0 radical (unpaired) electrons. The molecule has 2 amide bonds. The van der Waals surface area contributed by atoms with Gasteiger partial charge in [-0.15, -0.1) is 0 Å². The Morgan fingerprint density at radius 1 is 1.03 bits per heavy atom. The van der Waals surface area contributed by atoms with Crippen LogP contribution in [0.4, 0.5) is 0 Å². The lowest BCUT2D eigenvalue weighted by atomic mass is 9.93. The summed E-state index contributed by atoms with van der Waals surface area (Å²) in [5, 5.41) is 0. The molecule has 1 fully saturated rings. The molecule has 0 aromatic heterocycles. The highest BCUT2D eigenvalue weighted by Crippen LogP contribution is 2.27. The van der Waals surface area contributed by atoms with E-state index < -0.39 is 0 Å². The van der Waals surface area contributed by atoms with E-state index in [1.54, 1.807) is 19.0 Å². The number of carbonyl (C=O) groups excluding carboxylic acids is 2. The Balaban J connectivity index is 1.46. The van der Waals surface area contributed by atoms with Crippen LogP contribution in [-0.4, -0.2) is 72.8 Å². The monoisotopic (exact) mass is 405 g/mol. The molecule has 5 nitrogen and oxygen atoms in total. The lowest BCUT2D eigenvalue weighted by Gasteiger charge is -2.31. The van der Waals surface area contributed by atoms with Gasteiger partial charge in [-0.1, -0.05) is 24.3 Å². The second-order valence-corrected chi connectivity index (χ2v) is 8.72. The van der Waals surface area contributed by atoms with Crippen molar-refractivity contribution >= 4 is 11.8 Å². The second-order valence-electron chi connectivity index (χ2n) is 8.72. The lowest BCUT2D eigenvalue weighted by Crippen LogP contribution is -2.43. The van der Waals surface area contributed by atoms with Gasteiger partial charge in [-0.2, -0.15) is 0 Å². The lowest BCUT2D eigenvalue weighted by molar-refractivity contribution is 0.0716. The van der Waals surface area contributed by atoms with Gasteiger partial charge < -0.3 is 9.80 Å². The molecule has 1 atom stereocenters. The predicted molar refractivity (Wildman–Crippen MR) is 120 cm³/mol. The van der Waals surface area contributed by atoms with Crippen LogP contribution in [0.2, 0.25) is 0 Å². The first kappa shape index (κ1) is 20.6. The number of carbonyl (C=O) groups is 2. The third-order valence-corrected chi connectivity index (χ3v) is 6.49. The zero-order valence-corrected chi connectivity index (χ0v) is 18.2. The van der Waals surface area contributed by atoms with Gasteiger partial charge in [0, 0.05) is 50.9 Å². The Morgan fingerprint density at radius 2 is 1.77 bits per heavy atom. The van der Waals surface area contributed by atoms with E-state index in [1.807, 2.05) is 41.3 Å². The minimum Gasteiger partial charge on any atom is -0.345 e. The van der Waals surface area contributed by atoms with E-state index in [-0.39, 0.29) is 11.8 Å². The molecule has 2 aromatic carbocycles. The summed E-state index contributed by atoms with van der Waals surface area (Å²) >= 11 is 0. The normalized spacial score (nSPS) is 19.1. The minimum atomic E-state index is 0.000929. The zero-order valence-electron chi connectivity index (χ0n) is 18.2. The van der Waals surface area contributed by atoms with Crippen LogP contribution in [0.5, 0.6) is 0 Å². The van der Waals surface area contributed by atoms with Crippen molar-refractivity contribution in [2.45, 2.75) is 32.2 Å².